The molecule has 0 aliphatic carbocycles. The zero-order valence-electron chi connectivity index (χ0n) is 15.8. The lowest BCUT2D eigenvalue weighted by atomic mass is 10.2. The number of furan rings is 1. The van der Waals surface area contributed by atoms with Crippen LogP contribution >= 0.6 is 11.6 Å². The minimum absolute atomic E-state index is 0.121. The van der Waals surface area contributed by atoms with E-state index in [1.165, 1.54) is 30.5 Å². The van der Waals surface area contributed by atoms with Gasteiger partial charge in [-0.3, -0.25) is 19.7 Å². The van der Waals surface area contributed by atoms with Gasteiger partial charge < -0.3 is 20.4 Å². The molecule has 3 rings (SSSR count). The molecule has 1 aromatic heterocycles. The van der Waals surface area contributed by atoms with E-state index in [1.807, 2.05) is 0 Å². The molecule has 0 saturated carbocycles. The fourth-order valence-electron chi connectivity index (χ4n) is 2.59. The van der Waals surface area contributed by atoms with E-state index in [2.05, 4.69) is 16.0 Å². The van der Waals surface area contributed by atoms with Crippen molar-refractivity contribution in [2.75, 3.05) is 22.5 Å². The van der Waals surface area contributed by atoms with E-state index < -0.39 is 16.7 Å². The Hall–Kier alpha value is -3.85. The molecule has 0 spiro atoms. The molecule has 30 heavy (non-hydrogen) atoms. The van der Waals surface area contributed by atoms with Crippen LogP contribution in [0.1, 0.15) is 16.1 Å². The molecule has 2 amide bonds. The van der Waals surface area contributed by atoms with E-state index in [4.69, 9.17) is 16.0 Å². The molecule has 3 N–H and O–H groups in total. The van der Waals surface area contributed by atoms with Crippen molar-refractivity contribution in [2.45, 2.75) is 6.92 Å². The van der Waals surface area contributed by atoms with Crippen molar-refractivity contribution >= 4 is 46.2 Å². The van der Waals surface area contributed by atoms with E-state index >= 15 is 0 Å². The third-order valence-electron chi connectivity index (χ3n) is 4.12. The molecule has 9 nitrogen and oxygen atoms in total. The van der Waals surface area contributed by atoms with Gasteiger partial charge in [-0.25, -0.2) is 0 Å². The summed E-state index contributed by atoms with van der Waals surface area (Å²) < 4.78 is 5.06. The number of hydrogen-bond donors (Lipinski definition) is 3. The van der Waals surface area contributed by atoms with Gasteiger partial charge in [-0.15, -0.1) is 0 Å². The summed E-state index contributed by atoms with van der Waals surface area (Å²) in [7, 11) is 0. The van der Waals surface area contributed by atoms with Crippen molar-refractivity contribution in [2.24, 2.45) is 0 Å². The largest absolute Gasteiger partial charge is 0.459 e. The third kappa shape index (κ3) is 5.15. The Kier molecular flexibility index (Phi) is 6.33. The monoisotopic (exact) mass is 428 g/mol. The lowest BCUT2D eigenvalue weighted by Crippen LogP contribution is -2.23. The molecule has 154 valence electrons. The quantitative estimate of drug-likeness (QED) is 0.377. The zero-order valence-corrected chi connectivity index (χ0v) is 16.5. The minimum Gasteiger partial charge on any atom is -0.459 e. The first-order valence-electron chi connectivity index (χ1n) is 8.76. The number of anilines is 3. The number of nitro benzene ring substituents is 1. The molecule has 0 atom stereocenters. The molecule has 0 saturated heterocycles. The third-order valence-corrected chi connectivity index (χ3v) is 4.36. The van der Waals surface area contributed by atoms with Gasteiger partial charge in [0, 0.05) is 17.2 Å². The van der Waals surface area contributed by atoms with Gasteiger partial charge in [-0.05, 0) is 42.8 Å². The lowest BCUT2D eigenvalue weighted by Gasteiger charge is -2.14. The van der Waals surface area contributed by atoms with Gasteiger partial charge in [0.25, 0.3) is 11.6 Å². The number of carbonyl (C=O) groups is 2. The molecule has 0 bridgehead atoms. The highest BCUT2D eigenvalue weighted by atomic mass is 35.5. The number of non-ortho nitro benzene ring substituents is 1. The topological polar surface area (TPSA) is 127 Å². The first kappa shape index (κ1) is 20.9. The van der Waals surface area contributed by atoms with E-state index in [0.717, 1.165) is 0 Å². The summed E-state index contributed by atoms with van der Waals surface area (Å²) in [4.78, 5) is 35.0. The average Bonchev–Trinajstić information content (AvgIpc) is 3.24. The van der Waals surface area contributed by atoms with E-state index in [-0.39, 0.29) is 18.0 Å². The molecule has 0 unspecified atom stereocenters. The smallest absolute Gasteiger partial charge is 0.291 e. The normalized spacial score (nSPS) is 10.3. The van der Waals surface area contributed by atoms with Gasteiger partial charge in [0.1, 0.15) is 0 Å². The molecular weight excluding hydrogens is 412 g/mol. The highest BCUT2D eigenvalue weighted by Crippen LogP contribution is 2.27. The summed E-state index contributed by atoms with van der Waals surface area (Å²) in [6.07, 6.45) is 1.38. The molecule has 0 aliphatic heterocycles. The maximum atomic E-state index is 12.3. The fourth-order valence-corrected chi connectivity index (χ4v) is 2.77. The number of halogens is 1. The zero-order chi connectivity index (χ0) is 21.7. The fraction of sp³-hybridized carbons (Fsp3) is 0.100. The summed E-state index contributed by atoms with van der Waals surface area (Å²) in [6.45, 7) is 1.58. The second-order valence-electron chi connectivity index (χ2n) is 6.28. The predicted octanol–water partition coefficient (Wildman–Crippen LogP) is 4.45. The Balaban J connectivity index is 1.68. The Bertz CT molecular complexity index is 1100. The summed E-state index contributed by atoms with van der Waals surface area (Å²) in [5, 5.41) is 19.5. The second-order valence-corrected chi connectivity index (χ2v) is 6.72. The van der Waals surface area contributed by atoms with Gasteiger partial charge in [0.05, 0.1) is 34.8 Å². The van der Waals surface area contributed by atoms with Crippen LogP contribution in [0.4, 0.5) is 22.7 Å². The van der Waals surface area contributed by atoms with Crippen LogP contribution in [-0.4, -0.2) is 23.3 Å². The van der Waals surface area contributed by atoms with Crippen molar-refractivity contribution in [3.8, 4) is 0 Å². The van der Waals surface area contributed by atoms with Gasteiger partial charge in [-0.1, -0.05) is 17.7 Å². The second kappa shape index (κ2) is 9.10. The summed E-state index contributed by atoms with van der Waals surface area (Å²) in [6, 6.07) is 12.1. The van der Waals surface area contributed by atoms with Gasteiger partial charge in [0.15, 0.2) is 5.76 Å². The van der Waals surface area contributed by atoms with Crippen LogP contribution in [0.2, 0.25) is 5.02 Å². The van der Waals surface area contributed by atoms with Crippen molar-refractivity contribution < 1.29 is 18.9 Å². The Morgan fingerprint density at radius 1 is 1.07 bits per heavy atom. The number of hydrogen-bond acceptors (Lipinski definition) is 6. The molecule has 0 fully saturated rings. The molecular formula is C20H17ClN4O5. The minimum atomic E-state index is -0.533. The number of rotatable bonds is 7. The Labute approximate surface area is 176 Å². The standard InChI is InChI=1S/C20H17ClN4O5/c1-12-4-6-14(25(28)29)10-16(12)23-19(26)11-22-15-7-5-13(21)9-17(15)24-20(27)18-3-2-8-30-18/h2-10,22H,11H2,1H3,(H,23,26)(H,24,27). The first-order chi connectivity index (χ1) is 14.3. The van der Waals surface area contributed by atoms with Crippen LogP contribution in [-0.2, 0) is 4.79 Å². The average molecular weight is 429 g/mol. The number of nitrogens with zero attached hydrogens (tertiary/aromatic N) is 1. The number of amides is 2. The van der Waals surface area contributed by atoms with E-state index in [1.54, 1.807) is 31.2 Å². The van der Waals surface area contributed by atoms with Crippen LogP contribution < -0.4 is 16.0 Å². The maximum Gasteiger partial charge on any atom is 0.291 e. The number of benzene rings is 2. The Morgan fingerprint density at radius 2 is 1.87 bits per heavy atom. The number of nitrogens with one attached hydrogen (secondary N) is 3. The maximum absolute atomic E-state index is 12.3. The molecule has 1 heterocycles. The van der Waals surface area contributed by atoms with Crippen LogP contribution in [0.25, 0.3) is 0 Å². The van der Waals surface area contributed by atoms with Gasteiger partial charge in [-0.2, -0.15) is 0 Å². The first-order valence-corrected chi connectivity index (χ1v) is 9.14. The van der Waals surface area contributed by atoms with Crippen molar-refractivity contribution in [3.63, 3.8) is 0 Å². The summed E-state index contributed by atoms with van der Waals surface area (Å²) in [5.41, 5.74) is 1.74. The van der Waals surface area contributed by atoms with Gasteiger partial charge in [0.2, 0.25) is 5.91 Å². The van der Waals surface area contributed by atoms with E-state index in [0.29, 0.717) is 27.6 Å². The van der Waals surface area contributed by atoms with Crippen molar-refractivity contribution in [1.29, 1.82) is 0 Å². The van der Waals surface area contributed by atoms with Crippen LogP contribution in [0, 0.1) is 17.0 Å². The summed E-state index contributed by atoms with van der Waals surface area (Å²) in [5.74, 6) is -0.765. The highest BCUT2D eigenvalue weighted by Gasteiger charge is 2.14. The van der Waals surface area contributed by atoms with Gasteiger partial charge >= 0.3 is 0 Å². The van der Waals surface area contributed by atoms with Crippen LogP contribution in [0.15, 0.2) is 59.2 Å². The van der Waals surface area contributed by atoms with Crippen molar-refractivity contribution in [3.05, 3.63) is 81.3 Å². The number of aryl methyl sites for hydroxylation is 1. The van der Waals surface area contributed by atoms with Crippen LogP contribution in [0.5, 0.6) is 0 Å². The van der Waals surface area contributed by atoms with Crippen molar-refractivity contribution in [1.82, 2.24) is 0 Å². The molecule has 0 radical (unpaired) electrons. The molecule has 0 aliphatic rings. The molecule has 2 aromatic carbocycles. The predicted molar refractivity (Wildman–Crippen MR) is 113 cm³/mol. The Morgan fingerprint density at radius 3 is 2.57 bits per heavy atom. The SMILES string of the molecule is Cc1ccc([N+](=O)[O-])cc1NC(=O)CNc1ccc(Cl)cc1NC(=O)c1ccco1. The number of nitro groups is 1. The highest BCUT2D eigenvalue weighted by molar-refractivity contribution is 6.31. The molecule has 3 aromatic rings. The van der Waals surface area contributed by atoms with Crippen LogP contribution in [0.3, 0.4) is 0 Å². The van der Waals surface area contributed by atoms with E-state index in [9.17, 15) is 19.7 Å². The summed E-state index contributed by atoms with van der Waals surface area (Å²) >= 11 is 6.02. The number of carbonyl (C=O) groups excluding carboxylic acids is 2. The lowest BCUT2D eigenvalue weighted by molar-refractivity contribution is -0.384. The molecule has 10 heteroatoms.